The smallest absolute Gasteiger partial charge is 0.0743 e. The van der Waals surface area contributed by atoms with Crippen molar-refractivity contribution in [3.63, 3.8) is 0 Å². The maximum absolute atomic E-state index is 9.73. The van der Waals surface area contributed by atoms with Crippen LogP contribution in [0.15, 0.2) is 28.9 Å². The number of nitrogens with one attached hydrogen (secondary N) is 1. The monoisotopic (exact) mass is 349 g/mol. The molecule has 4 nitrogen and oxygen atoms in total. The van der Waals surface area contributed by atoms with Gasteiger partial charge in [0, 0.05) is 21.8 Å². The predicted octanol–water partition coefficient (Wildman–Crippen LogP) is 3.54. The third-order valence-electron chi connectivity index (χ3n) is 4.50. The zero-order chi connectivity index (χ0) is 14.9. The maximum Gasteiger partial charge on any atom is 0.0743 e. The highest BCUT2D eigenvalue weighted by Crippen LogP contribution is 2.39. The molecule has 1 aromatic carbocycles. The van der Waals surface area contributed by atoms with Crippen LogP contribution in [0.4, 0.5) is 11.4 Å². The van der Waals surface area contributed by atoms with Crippen LogP contribution in [0.5, 0.6) is 0 Å². The van der Waals surface area contributed by atoms with Crippen molar-refractivity contribution in [2.75, 3.05) is 24.2 Å². The lowest BCUT2D eigenvalue weighted by molar-refractivity contribution is 0.142. The Morgan fingerprint density at radius 1 is 1.33 bits per heavy atom. The standard InChI is InChI=1S/C16H20BrN3O/c17-11-3-4-14-12(7-11)15(13(18)8-19-14)20-9-16(10-21)5-1-2-6-16/h3-4,7-8,21H,1-2,5-6,9-10,18H2,(H,19,20). The topological polar surface area (TPSA) is 71.2 Å². The van der Waals surface area contributed by atoms with Gasteiger partial charge in [-0.05, 0) is 31.0 Å². The molecule has 1 heterocycles. The Bertz CT molecular complexity index is 648. The van der Waals surface area contributed by atoms with E-state index in [9.17, 15) is 5.11 Å². The van der Waals surface area contributed by atoms with E-state index >= 15 is 0 Å². The number of aliphatic hydroxyl groups excluding tert-OH is 1. The molecule has 1 aliphatic rings. The van der Waals surface area contributed by atoms with Crippen LogP contribution in [0.3, 0.4) is 0 Å². The molecule has 5 heteroatoms. The molecule has 1 fully saturated rings. The fourth-order valence-corrected chi connectivity index (χ4v) is 3.53. The summed E-state index contributed by atoms with van der Waals surface area (Å²) in [5, 5.41) is 14.2. The van der Waals surface area contributed by atoms with E-state index in [1.807, 2.05) is 18.2 Å². The van der Waals surface area contributed by atoms with Gasteiger partial charge in [0.25, 0.3) is 0 Å². The van der Waals surface area contributed by atoms with Crippen LogP contribution < -0.4 is 11.1 Å². The summed E-state index contributed by atoms with van der Waals surface area (Å²) >= 11 is 3.50. The number of rotatable bonds is 4. The lowest BCUT2D eigenvalue weighted by Gasteiger charge is -2.27. The van der Waals surface area contributed by atoms with Gasteiger partial charge < -0.3 is 16.2 Å². The van der Waals surface area contributed by atoms with Gasteiger partial charge in [-0.15, -0.1) is 0 Å². The molecule has 2 aromatic rings. The van der Waals surface area contributed by atoms with Crippen molar-refractivity contribution >= 4 is 38.2 Å². The molecular formula is C16H20BrN3O. The Hall–Kier alpha value is -1.33. The number of anilines is 2. The van der Waals surface area contributed by atoms with E-state index in [1.165, 1.54) is 12.8 Å². The number of aromatic nitrogens is 1. The minimum Gasteiger partial charge on any atom is -0.396 e. The Balaban J connectivity index is 1.92. The Labute approximate surface area is 132 Å². The van der Waals surface area contributed by atoms with Gasteiger partial charge in [0.15, 0.2) is 0 Å². The van der Waals surface area contributed by atoms with Crippen LogP contribution in [0.2, 0.25) is 0 Å². The third-order valence-corrected chi connectivity index (χ3v) is 4.99. The van der Waals surface area contributed by atoms with Crippen LogP contribution in [-0.4, -0.2) is 23.2 Å². The summed E-state index contributed by atoms with van der Waals surface area (Å²) < 4.78 is 1.00. The number of nitrogens with zero attached hydrogens (tertiary/aromatic N) is 1. The first-order valence-corrected chi connectivity index (χ1v) is 8.11. The molecule has 0 radical (unpaired) electrons. The number of hydrogen-bond acceptors (Lipinski definition) is 4. The van der Waals surface area contributed by atoms with Gasteiger partial charge in [0.2, 0.25) is 0 Å². The highest BCUT2D eigenvalue weighted by Gasteiger charge is 2.33. The highest BCUT2D eigenvalue weighted by molar-refractivity contribution is 9.10. The van der Waals surface area contributed by atoms with Crippen LogP contribution >= 0.6 is 15.9 Å². The summed E-state index contributed by atoms with van der Waals surface area (Å²) in [7, 11) is 0. The second-order valence-electron chi connectivity index (χ2n) is 5.97. The Morgan fingerprint density at radius 3 is 2.81 bits per heavy atom. The molecule has 0 amide bonds. The molecule has 1 saturated carbocycles. The largest absolute Gasteiger partial charge is 0.396 e. The van der Waals surface area contributed by atoms with Gasteiger partial charge in [-0.2, -0.15) is 0 Å². The quantitative estimate of drug-likeness (QED) is 0.789. The molecule has 0 aliphatic heterocycles. The number of hydrogen-bond donors (Lipinski definition) is 3. The average molecular weight is 350 g/mol. The first-order valence-electron chi connectivity index (χ1n) is 7.32. The summed E-state index contributed by atoms with van der Waals surface area (Å²) in [6.45, 7) is 0.978. The number of nitrogens with two attached hydrogens (primary N) is 1. The van der Waals surface area contributed by atoms with Crippen LogP contribution in [0.25, 0.3) is 10.9 Å². The second-order valence-corrected chi connectivity index (χ2v) is 6.88. The zero-order valence-corrected chi connectivity index (χ0v) is 13.5. The van der Waals surface area contributed by atoms with Crippen molar-refractivity contribution in [1.29, 1.82) is 0 Å². The molecule has 1 aromatic heterocycles. The molecule has 0 bridgehead atoms. The van der Waals surface area contributed by atoms with E-state index in [0.717, 1.165) is 40.4 Å². The van der Waals surface area contributed by atoms with E-state index in [2.05, 4.69) is 26.2 Å². The summed E-state index contributed by atoms with van der Waals surface area (Å²) in [6.07, 6.45) is 6.23. The van der Waals surface area contributed by atoms with Gasteiger partial charge in [-0.1, -0.05) is 28.8 Å². The molecule has 3 rings (SSSR count). The molecule has 4 N–H and O–H groups in total. The van der Waals surface area contributed by atoms with Crippen molar-refractivity contribution in [2.24, 2.45) is 5.41 Å². The van der Waals surface area contributed by atoms with E-state index in [0.29, 0.717) is 5.69 Å². The fourth-order valence-electron chi connectivity index (χ4n) is 3.17. The Morgan fingerprint density at radius 2 is 2.10 bits per heavy atom. The lowest BCUT2D eigenvalue weighted by Crippen LogP contribution is -2.30. The van der Waals surface area contributed by atoms with Crippen molar-refractivity contribution in [1.82, 2.24) is 4.98 Å². The summed E-state index contributed by atoms with van der Waals surface area (Å²) in [6, 6.07) is 5.98. The summed E-state index contributed by atoms with van der Waals surface area (Å²) in [4.78, 5) is 4.36. The van der Waals surface area contributed by atoms with Crippen molar-refractivity contribution < 1.29 is 5.11 Å². The molecule has 21 heavy (non-hydrogen) atoms. The molecule has 0 atom stereocenters. The Kier molecular flexibility index (Phi) is 4.04. The molecule has 0 spiro atoms. The SMILES string of the molecule is Nc1cnc2ccc(Br)cc2c1NCC1(CO)CCCC1. The average Bonchev–Trinajstić information content (AvgIpc) is 2.96. The van der Waals surface area contributed by atoms with Gasteiger partial charge in [0.05, 0.1) is 29.7 Å². The molecular weight excluding hydrogens is 330 g/mol. The van der Waals surface area contributed by atoms with E-state index in [4.69, 9.17) is 5.73 Å². The fraction of sp³-hybridized carbons (Fsp3) is 0.438. The van der Waals surface area contributed by atoms with Gasteiger partial charge in [-0.25, -0.2) is 0 Å². The molecule has 112 valence electrons. The minimum absolute atomic E-state index is 0.00591. The van der Waals surface area contributed by atoms with E-state index in [1.54, 1.807) is 6.20 Å². The molecule has 0 saturated heterocycles. The number of benzene rings is 1. The van der Waals surface area contributed by atoms with E-state index in [-0.39, 0.29) is 12.0 Å². The van der Waals surface area contributed by atoms with Crippen LogP contribution in [0, 0.1) is 5.41 Å². The maximum atomic E-state index is 9.73. The summed E-state index contributed by atoms with van der Waals surface area (Å²) in [5.41, 5.74) is 8.58. The minimum atomic E-state index is -0.00591. The van der Waals surface area contributed by atoms with Crippen LogP contribution in [0.1, 0.15) is 25.7 Å². The lowest BCUT2D eigenvalue weighted by atomic mass is 9.87. The number of pyridine rings is 1. The first kappa shape index (κ1) is 14.6. The molecule has 0 unspecified atom stereocenters. The van der Waals surface area contributed by atoms with Gasteiger partial charge in [-0.3, -0.25) is 4.98 Å². The molecule has 1 aliphatic carbocycles. The number of halogens is 1. The number of aliphatic hydroxyl groups is 1. The third kappa shape index (κ3) is 2.85. The number of fused-ring (bicyclic) bond motifs is 1. The van der Waals surface area contributed by atoms with Crippen molar-refractivity contribution in [3.05, 3.63) is 28.9 Å². The predicted molar refractivity (Wildman–Crippen MR) is 90.3 cm³/mol. The van der Waals surface area contributed by atoms with Gasteiger partial charge >= 0.3 is 0 Å². The van der Waals surface area contributed by atoms with E-state index < -0.39 is 0 Å². The normalized spacial score (nSPS) is 17.2. The first-order chi connectivity index (χ1) is 10.1. The second kappa shape index (κ2) is 5.81. The highest BCUT2D eigenvalue weighted by atomic mass is 79.9. The van der Waals surface area contributed by atoms with Crippen LogP contribution in [-0.2, 0) is 0 Å². The van der Waals surface area contributed by atoms with Crippen molar-refractivity contribution in [3.8, 4) is 0 Å². The van der Waals surface area contributed by atoms with Crippen molar-refractivity contribution in [2.45, 2.75) is 25.7 Å². The zero-order valence-electron chi connectivity index (χ0n) is 11.9. The van der Waals surface area contributed by atoms with Gasteiger partial charge in [0.1, 0.15) is 0 Å². The summed E-state index contributed by atoms with van der Waals surface area (Å²) in [5.74, 6) is 0. The number of nitrogen functional groups attached to an aromatic ring is 1.